The molecule has 0 aliphatic carbocycles. The molecule has 2 heterocycles. The Morgan fingerprint density at radius 3 is 2.26 bits per heavy atom. The predicted molar refractivity (Wildman–Crippen MR) is 105 cm³/mol. The van der Waals surface area contributed by atoms with Crippen LogP contribution in [-0.4, -0.2) is 19.1 Å². The normalized spacial score (nSPS) is 12.2. The van der Waals surface area contributed by atoms with Crippen LogP contribution in [0.1, 0.15) is 44.4 Å². The smallest absolute Gasteiger partial charge is 0.141 e. The Hall–Kier alpha value is -3.38. The number of hydrogen-bond acceptors (Lipinski definition) is 4. The van der Waals surface area contributed by atoms with E-state index in [0.717, 1.165) is 29.3 Å². The standard InChI is InChI=1S/C12H11N3.C9H13N3/c1-10(9-13)15-8-7-14-12(15)11-5-3-2-4-6-11;1-4-9-11-7(2)6-12(9)8(3)5-10/h2-8,10H,1H3;6,8H,4H2,1-3H3. The van der Waals surface area contributed by atoms with Crippen LogP contribution < -0.4 is 0 Å². The van der Waals surface area contributed by atoms with E-state index in [2.05, 4.69) is 22.1 Å². The third-order valence-corrected chi connectivity index (χ3v) is 4.15. The zero-order valence-electron chi connectivity index (χ0n) is 16.2. The largest absolute Gasteiger partial charge is 0.318 e. The van der Waals surface area contributed by atoms with E-state index in [-0.39, 0.29) is 12.1 Å². The Morgan fingerprint density at radius 2 is 1.67 bits per heavy atom. The second-order valence-corrected chi connectivity index (χ2v) is 6.19. The highest BCUT2D eigenvalue weighted by Gasteiger charge is 2.10. The molecule has 3 rings (SSSR count). The minimum absolute atomic E-state index is 0.110. The summed E-state index contributed by atoms with van der Waals surface area (Å²) in [5, 5.41) is 17.6. The van der Waals surface area contributed by atoms with Gasteiger partial charge in [0, 0.05) is 30.6 Å². The molecule has 2 unspecified atom stereocenters. The lowest BCUT2D eigenvalue weighted by Gasteiger charge is -2.08. The summed E-state index contributed by atoms with van der Waals surface area (Å²) in [6.07, 6.45) is 6.35. The van der Waals surface area contributed by atoms with Gasteiger partial charge in [-0.3, -0.25) is 0 Å². The summed E-state index contributed by atoms with van der Waals surface area (Å²) in [5.41, 5.74) is 2.01. The van der Waals surface area contributed by atoms with E-state index in [4.69, 9.17) is 10.5 Å². The number of imidazole rings is 2. The topological polar surface area (TPSA) is 83.2 Å². The predicted octanol–water partition coefficient (Wildman–Crippen LogP) is 4.47. The van der Waals surface area contributed by atoms with Gasteiger partial charge in [-0.25, -0.2) is 9.97 Å². The molecule has 6 heteroatoms. The van der Waals surface area contributed by atoms with Gasteiger partial charge in [0.25, 0.3) is 0 Å². The maximum Gasteiger partial charge on any atom is 0.141 e. The molecule has 0 spiro atoms. The van der Waals surface area contributed by atoms with Crippen LogP contribution in [-0.2, 0) is 6.42 Å². The monoisotopic (exact) mass is 360 g/mol. The number of aryl methyl sites for hydroxylation is 2. The summed E-state index contributed by atoms with van der Waals surface area (Å²) in [6.45, 7) is 7.72. The van der Waals surface area contributed by atoms with Gasteiger partial charge in [0.2, 0.25) is 0 Å². The van der Waals surface area contributed by atoms with Gasteiger partial charge in [-0.2, -0.15) is 10.5 Å². The quantitative estimate of drug-likeness (QED) is 0.687. The van der Waals surface area contributed by atoms with E-state index in [1.54, 1.807) is 6.20 Å². The van der Waals surface area contributed by atoms with Crippen molar-refractivity contribution in [3.63, 3.8) is 0 Å². The molecule has 0 radical (unpaired) electrons. The molecule has 0 N–H and O–H groups in total. The molecule has 27 heavy (non-hydrogen) atoms. The minimum atomic E-state index is -0.192. The summed E-state index contributed by atoms with van der Waals surface area (Å²) >= 11 is 0. The average molecular weight is 360 g/mol. The van der Waals surface area contributed by atoms with E-state index in [0.29, 0.717) is 0 Å². The van der Waals surface area contributed by atoms with E-state index in [1.165, 1.54) is 0 Å². The van der Waals surface area contributed by atoms with Crippen LogP contribution >= 0.6 is 0 Å². The van der Waals surface area contributed by atoms with Crippen molar-refractivity contribution in [2.75, 3.05) is 0 Å². The van der Waals surface area contributed by atoms with Crippen LogP contribution in [0.3, 0.4) is 0 Å². The third-order valence-electron chi connectivity index (χ3n) is 4.15. The number of nitriles is 2. The molecule has 3 aromatic rings. The van der Waals surface area contributed by atoms with Gasteiger partial charge < -0.3 is 9.13 Å². The molecule has 2 aromatic heterocycles. The van der Waals surface area contributed by atoms with Crippen molar-refractivity contribution in [1.82, 2.24) is 19.1 Å². The Labute approximate surface area is 160 Å². The second-order valence-electron chi connectivity index (χ2n) is 6.19. The van der Waals surface area contributed by atoms with E-state index in [9.17, 15) is 0 Å². The fraction of sp³-hybridized carbons (Fsp3) is 0.333. The van der Waals surface area contributed by atoms with Crippen molar-refractivity contribution in [3.8, 4) is 23.5 Å². The molecule has 0 aliphatic heterocycles. The molecule has 6 nitrogen and oxygen atoms in total. The van der Waals surface area contributed by atoms with Crippen LogP contribution in [0.25, 0.3) is 11.4 Å². The number of nitrogens with zero attached hydrogens (tertiary/aromatic N) is 6. The minimum Gasteiger partial charge on any atom is -0.318 e. The Balaban J connectivity index is 0.000000199. The van der Waals surface area contributed by atoms with Gasteiger partial charge in [0.05, 0.1) is 17.8 Å². The molecule has 0 saturated carbocycles. The van der Waals surface area contributed by atoms with Crippen molar-refractivity contribution in [2.45, 2.75) is 46.2 Å². The zero-order valence-corrected chi connectivity index (χ0v) is 16.2. The maximum absolute atomic E-state index is 8.88. The summed E-state index contributed by atoms with van der Waals surface area (Å²) < 4.78 is 3.80. The van der Waals surface area contributed by atoms with Crippen LogP contribution in [0.2, 0.25) is 0 Å². The highest BCUT2D eigenvalue weighted by atomic mass is 15.1. The highest BCUT2D eigenvalue weighted by molar-refractivity contribution is 5.55. The molecule has 1 aromatic carbocycles. The van der Waals surface area contributed by atoms with Crippen LogP contribution in [0.4, 0.5) is 0 Å². The molecule has 138 valence electrons. The first-order valence-corrected chi connectivity index (χ1v) is 8.93. The van der Waals surface area contributed by atoms with Gasteiger partial charge in [0.15, 0.2) is 0 Å². The van der Waals surface area contributed by atoms with Crippen molar-refractivity contribution in [1.29, 1.82) is 10.5 Å². The number of hydrogen-bond donors (Lipinski definition) is 0. The van der Waals surface area contributed by atoms with Crippen LogP contribution in [0.15, 0.2) is 48.9 Å². The maximum atomic E-state index is 8.88. The van der Waals surface area contributed by atoms with Crippen molar-refractivity contribution >= 4 is 0 Å². The molecular formula is C21H24N6. The fourth-order valence-electron chi connectivity index (χ4n) is 2.72. The zero-order chi connectivity index (χ0) is 19.8. The Kier molecular flexibility index (Phi) is 6.91. The van der Waals surface area contributed by atoms with Crippen molar-refractivity contribution in [3.05, 3.63) is 60.4 Å². The molecular weight excluding hydrogens is 336 g/mol. The first-order valence-electron chi connectivity index (χ1n) is 8.93. The Morgan fingerprint density at radius 1 is 1.04 bits per heavy atom. The van der Waals surface area contributed by atoms with Gasteiger partial charge in [-0.05, 0) is 20.8 Å². The van der Waals surface area contributed by atoms with Gasteiger partial charge in [-0.15, -0.1) is 0 Å². The fourth-order valence-corrected chi connectivity index (χ4v) is 2.72. The lowest BCUT2D eigenvalue weighted by atomic mass is 10.2. The lowest BCUT2D eigenvalue weighted by molar-refractivity contribution is 0.634. The molecule has 0 saturated heterocycles. The van der Waals surface area contributed by atoms with E-state index >= 15 is 0 Å². The molecule has 0 amide bonds. The molecule has 2 atom stereocenters. The van der Waals surface area contributed by atoms with Gasteiger partial charge >= 0.3 is 0 Å². The Bertz CT molecular complexity index is 939. The highest BCUT2D eigenvalue weighted by Crippen LogP contribution is 2.20. The van der Waals surface area contributed by atoms with Crippen LogP contribution in [0.5, 0.6) is 0 Å². The first kappa shape index (κ1) is 19.9. The van der Waals surface area contributed by atoms with Gasteiger partial charge in [0.1, 0.15) is 23.7 Å². The second kappa shape index (κ2) is 9.35. The van der Waals surface area contributed by atoms with Crippen molar-refractivity contribution in [2.24, 2.45) is 0 Å². The van der Waals surface area contributed by atoms with E-state index < -0.39 is 0 Å². The molecule has 0 fully saturated rings. The van der Waals surface area contributed by atoms with Gasteiger partial charge in [-0.1, -0.05) is 37.3 Å². The molecule has 0 bridgehead atoms. The van der Waals surface area contributed by atoms with E-state index in [1.807, 2.05) is 79.6 Å². The summed E-state index contributed by atoms with van der Waals surface area (Å²) in [6, 6.07) is 14.0. The summed E-state index contributed by atoms with van der Waals surface area (Å²) in [5.74, 6) is 1.83. The van der Waals surface area contributed by atoms with Crippen molar-refractivity contribution < 1.29 is 0 Å². The summed E-state index contributed by atoms with van der Waals surface area (Å²) in [7, 11) is 0. The van der Waals surface area contributed by atoms with Crippen LogP contribution in [0, 0.1) is 29.6 Å². The SMILES string of the molecule is CC(C#N)n1ccnc1-c1ccccc1.CCc1nc(C)cn1C(C)C#N. The summed E-state index contributed by atoms with van der Waals surface area (Å²) in [4.78, 5) is 8.58. The first-order chi connectivity index (χ1) is 13.0. The number of rotatable bonds is 4. The average Bonchev–Trinajstić information content (AvgIpc) is 3.34. The lowest BCUT2D eigenvalue weighted by Crippen LogP contribution is -2.05. The third kappa shape index (κ3) is 4.83. The number of benzene rings is 1. The molecule has 0 aliphatic rings. The number of aromatic nitrogens is 4.